The molecule has 1 aromatic rings. The molecule has 3 rings (SSSR count). The van der Waals surface area contributed by atoms with Crippen molar-refractivity contribution in [3.05, 3.63) is 18.0 Å². The molecule has 0 spiro atoms. The highest BCUT2D eigenvalue weighted by atomic mass is 127. The smallest absolute Gasteiger partial charge is 0.370 e. The molecule has 1 unspecified atom stereocenters. The number of ether oxygens (including phenoxy) is 1. The largest absolute Gasteiger partial charge is 0.391 e. The van der Waals surface area contributed by atoms with Gasteiger partial charge in [-0.3, -0.25) is 9.67 Å². The monoisotopic (exact) mass is 515 g/mol. The highest BCUT2D eigenvalue weighted by Crippen LogP contribution is 2.39. The topological polar surface area (TPSA) is 54.7 Å². The number of rotatable bonds is 3. The lowest BCUT2D eigenvalue weighted by Gasteiger charge is -2.36. The van der Waals surface area contributed by atoms with Crippen LogP contribution in [0, 0.1) is 11.8 Å². The van der Waals surface area contributed by atoms with Gasteiger partial charge in [0.2, 0.25) is 0 Å². The number of hydrogen-bond acceptors (Lipinski definition) is 3. The summed E-state index contributed by atoms with van der Waals surface area (Å²) >= 11 is 0. The Kier molecular flexibility index (Phi) is 8.41. The number of guanidine groups is 1. The minimum absolute atomic E-state index is 0. The lowest BCUT2D eigenvalue weighted by atomic mass is 9.81. The molecule has 0 amide bonds. The molecule has 160 valence electrons. The third-order valence-electron chi connectivity index (χ3n) is 5.53. The maximum absolute atomic E-state index is 12.8. The van der Waals surface area contributed by atoms with Crippen molar-refractivity contribution in [2.45, 2.75) is 38.0 Å². The fourth-order valence-electron chi connectivity index (χ4n) is 3.91. The fraction of sp³-hybridized carbons (Fsp3) is 0.778. The number of nitrogens with zero attached hydrogens (tertiary/aromatic N) is 4. The van der Waals surface area contributed by atoms with Crippen LogP contribution in [0.4, 0.5) is 13.2 Å². The van der Waals surface area contributed by atoms with E-state index in [1.807, 2.05) is 19.4 Å². The van der Waals surface area contributed by atoms with Crippen LogP contribution in [0.1, 0.15) is 37.4 Å². The Hall–Kier alpha value is -1.04. The lowest BCUT2D eigenvalue weighted by molar-refractivity contribution is -0.183. The molecule has 1 aromatic heterocycles. The van der Waals surface area contributed by atoms with Crippen molar-refractivity contribution in [2.75, 3.05) is 33.3 Å². The molecule has 1 saturated heterocycles. The van der Waals surface area contributed by atoms with E-state index in [1.165, 1.54) is 0 Å². The molecule has 0 radical (unpaired) electrons. The van der Waals surface area contributed by atoms with Crippen molar-refractivity contribution in [1.29, 1.82) is 0 Å². The van der Waals surface area contributed by atoms with E-state index in [0.717, 1.165) is 18.1 Å². The third-order valence-corrected chi connectivity index (χ3v) is 5.53. The Morgan fingerprint density at radius 2 is 2.04 bits per heavy atom. The number of morpholine rings is 1. The predicted octanol–water partition coefficient (Wildman–Crippen LogP) is 3.36. The molecule has 2 fully saturated rings. The fourth-order valence-corrected chi connectivity index (χ4v) is 3.91. The number of aromatic nitrogens is 2. The summed E-state index contributed by atoms with van der Waals surface area (Å²) < 4.78 is 46.0. The third kappa shape index (κ3) is 5.98. The number of alkyl halides is 3. The van der Waals surface area contributed by atoms with Crippen LogP contribution in [0.15, 0.2) is 17.4 Å². The first kappa shape index (κ1) is 23.2. The van der Waals surface area contributed by atoms with Gasteiger partial charge in [-0.2, -0.15) is 18.3 Å². The molecule has 1 saturated carbocycles. The summed E-state index contributed by atoms with van der Waals surface area (Å²) in [4.78, 5) is 6.50. The van der Waals surface area contributed by atoms with Gasteiger partial charge >= 0.3 is 6.18 Å². The number of aliphatic imine (C=N–C) groups is 1. The van der Waals surface area contributed by atoms with Crippen LogP contribution >= 0.6 is 24.0 Å². The minimum Gasteiger partial charge on any atom is -0.370 e. The number of halogens is 4. The van der Waals surface area contributed by atoms with Gasteiger partial charge in [-0.15, -0.1) is 24.0 Å². The van der Waals surface area contributed by atoms with Crippen molar-refractivity contribution >= 4 is 29.9 Å². The Balaban J connectivity index is 0.00000280. The van der Waals surface area contributed by atoms with Gasteiger partial charge in [0.05, 0.1) is 25.3 Å². The van der Waals surface area contributed by atoms with E-state index in [4.69, 9.17) is 4.74 Å². The first-order chi connectivity index (χ1) is 12.9. The first-order valence-electron chi connectivity index (χ1n) is 9.49. The van der Waals surface area contributed by atoms with Gasteiger partial charge in [0.15, 0.2) is 5.96 Å². The van der Waals surface area contributed by atoms with Crippen LogP contribution in [-0.2, 0) is 11.8 Å². The summed E-state index contributed by atoms with van der Waals surface area (Å²) in [7, 11) is 3.61. The van der Waals surface area contributed by atoms with E-state index >= 15 is 0 Å². The number of aryl methyl sites for hydroxylation is 1. The lowest BCUT2D eigenvalue weighted by Crippen LogP contribution is -2.49. The van der Waals surface area contributed by atoms with Crippen molar-refractivity contribution in [1.82, 2.24) is 20.0 Å². The van der Waals surface area contributed by atoms with Gasteiger partial charge < -0.3 is 15.0 Å². The van der Waals surface area contributed by atoms with Crippen LogP contribution in [0.3, 0.4) is 0 Å². The van der Waals surface area contributed by atoms with Gasteiger partial charge in [0.1, 0.15) is 6.10 Å². The van der Waals surface area contributed by atoms with Crippen LogP contribution in [0.5, 0.6) is 0 Å². The second-order valence-electron chi connectivity index (χ2n) is 7.44. The van der Waals surface area contributed by atoms with E-state index in [0.29, 0.717) is 32.5 Å². The summed E-state index contributed by atoms with van der Waals surface area (Å²) in [6, 6.07) is 0. The van der Waals surface area contributed by atoms with Gasteiger partial charge in [0.25, 0.3) is 0 Å². The second kappa shape index (κ2) is 10.1. The molecule has 2 heterocycles. The molecule has 1 atom stereocenters. The van der Waals surface area contributed by atoms with Crippen molar-refractivity contribution < 1.29 is 17.9 Å². The van der Waals surface area contributed by atoms with Crippen LogP contribution < -0.4 is 5.32 Å². The zero-order valence-electron chi connectivity index (χ0n) is 16.3. The van der Waals surface area contributed by atoms with E-state index < -0.39 is 12.1 Å². The molecule has 6 nitrogen and oxygen atoms in total. The highest BCUT2D eigenvalue weighted by Gasteiger charge is 2.41. The zero-order valence-corrected chi connectivity index (χ0v) is 18.6. The molecule has 0 aromatic carbocycles. The summed E-state index contributed by atoms with van der Waals surface area (Å²) in [6.45, 7) is 2.66. The quantitative estimate of drug-likeness (QED) is 0.381. The molecule has 0 bridgehead atoms. The summed E-state index contributed by atoms with van der Waals surface area (Å²) in [6.07, 6.45) is 1.32. The van der Waals surface area contributed by atoms with Crippen molar-refractivity contribution in [3.63, 3.8) is 0 Å². The standard InChI is InChI=1S/C18H28F3N5O.HI/c1-22-17(23-9-13-3-5-15(6-4-13)18(19,20)21)26-7-8-27-16(12-26)14-10-24-25(2)11-14;/h10-11,13,15-16H,3-9,12H2,1-2H3,(H,22,23);1H. The molecule has 10 heteroatoms. The SMILES string of the molecule is CN=C(NCC1CCC(C(F)(F)F)CC1)N1CCOC(c2cnn(C)c2)C1.I. The van der Waals surface area contributed by atoms with E-state index in [-0.39, 0.29) is 48.8 Å². The predicted molar refractivity (Wildman–Crippen MR) is 112 cm³/mol. The molecule has 1 aliphatic heterocycles. The van der Waals surface area contributed by atoms with E-state index in [1.54, 1.807) is 11.7 Å². The highest BCUT2D eigenvalue weighted by molar-refractivity contribution is 14.0. The van der Waals surface area contributed by atoms with Gasteiger partial charge in [-0.25, -0.2) is 0 Å². The number of hydrogen-bond donors (Lipinski definition) is 1. The van der Waals surface area contributed by atoms with Crippen LogP contribution in [-0.4, -0.2) is 60.1 Å². The average molecular weight is 515 g/mol. The minimum atomic E-state index is -4.05. The van der Waals surface area contributed by atoms with Gasteiger partial charge in [0, 0.05) is 38.9 Å². The molecular weight excluding hydrogens is 486 g/mol. The zero-order chi connectivity index (χ0) is 19.4. The Morgan fingerprint density at radius 1 is 1.32 bits per heavy atom. The summed E-state index contributed by atoms with van der Waals surface area (Å²) in [5, 5.41) is 7.55. The second-order valence-corrected chi connectivity index (χ2v) is 7.44. The Bertz CT molecular complexity index is 643. The number of nitrogens with one attached hydrogen (secondary N) is 1. The van der Waals surface area contributed by atoms with Crippen LogP contribution in [0.25, 0.3) is 0 Å². The van der Waals surface area contributed by atoms with Crippen molar-refractivity contribution in [3.8, 4) is 0 Å². The maximum atomic E-state index is 12.8. The Labute approximate surface area is 180 Å². The first-order valence-corrected chi connectivity index (χ1v) is 9.49. The average Bonchev–Trinajstić information content (AvgIpc) is 3.09. The molecule has 1 aliphatic carbocycles. The van der Waals surface area contributed by atoms with Gasteiger partial charge in [-0.1, -0.05) is 0 Å². The summed E-state index contributed by atoms with van der Waals surface area (Å²) in [5.41, 5.74) is 1.03. The molecule has 28 heavy (non-hydrogen) atoms. The van der Waals surface area contributed by atoms with Gasteiger partial charge in [-0.05, 0) is 31.6 Å². The normalized spacial score (nSPS) is 26.7. The molecule has 1 N–H and O–H groups in total. The Morgan fingerprint density at radius 3 is 2.61 bits per heavy atom. The molecular formula is C18H29F3IN5O. The van der Waals surface area contributed by atoms with Crippen molar-refractivity contribution in [2.24, 2.45) is 23.9 Å². The molecule has 2 aliphatic rings. The maximum Gasteiger partial charge on any atom is 0.391 e. The van der Waals surface area contributed by atoms with Crippen LogP contribution in [0.2, 0.25) is 0 Å². The summed E-state index contributed by atoms with van der Waals surface area (Å²) in [5.74, 6) is -0.0896. The van der Waals surface area contributed by atoms with E-state index in [9.17, 15) is 13.2 Å². The van der Waals surface area contributed by atoms with E-state index in [2.05, 4.69) is 20.3 Å².